The van der Waals surface area contributed by atoms with Gasteiger partial charge in [-0.3, -0.25) is 9.88 Å². The molecule has 1 fully saturated rings. The first-order valence-corrected chi connectivity index (χ1v) is 9.94. The summed E-state index contributed by atoms with van der Waals surface area (Å²) in [5, 5.41) is 8.62. The van der Waals surface area contributed by atoms with Crippen molar-refractivity contribution < 1.29 is 0 Å². The lowest BCUT2D eigenvalue weighted by molar-refractivity contribution is 0.214. The van der Waals surface area contributed by atoms with E-state index in [1.165, 1.54) is 18.4 Å². The van der Waals surface area contributed by atoms with Crippen LogP contribution in [-0.4, -0.2) is 45.3 Å². The van der Waals surface area contributed by atoms with Gasteiger partial charge in [-0.15, -0.1) is 6.58 Å². The van der Waals surface area contributed by atoms with Crippen LogP contribution >= 0.6 is 0 Å². The highest BCUT2D eigenvalue weighted by Gasteiger charge is 2.19. The quantitative estimate of drug-likeness (QED) is 0.642. The number of aromatic nitrogens is 3. The monoisotopic (exact) mass is 373 g/mol. The lowest BCUT2D eigenvalue weighted by atomic mass is 10.0. The number of nitrogens with zero attached hydrogens (tertiary/aromatic N) is 4. The van der Waals surface area contributed by atoms with Gasteiger partial charge in [0.25, 0.3) is 0 Å². The number of likely N-dealkylation sites (tertiary alicyclic amines) is 1. The molecule has 144 valence electrons. The van der Waals surface area contributed by atoms with E-state index in [1.54, 1.807) is 6.20 Å². The van der Waals surface area contributed by atoms with Crippen LogP contribution in [0.25, 0.3) is 16.9 Å². The molecule has 5 heteroatoms. The zero-order valence-corrected chi connectivity index (χ0v) is 16.2. The molecule has 3 aromatic rings. The SMILES string of the molecule is C=CCN1CCC(NCc2cn(-c3ccccc3)nc2-c2cccnc2)CC1. The van der Waals surface area contributed by atoms with Gasteiger partial charge in [0, 0.05) is 48.8 Å². The van der Waals surface area contributed by atoms with Gasteiger partial charge in [0.05, 0.1) is 11.4 Å². The number of piperidine rings is 1. The predicted molar refractivity (Wildman–Crippen MR) is 113 cm³/mol. The molecule has 0 unspecified atom stereocenters. The second-order valence-corrected chi connectivity index (χ2v) is 7.27. The third-order valence-corrected chi connectivity index (χ3v) is 5.30. The summed E-state index contributed by atoms with van der Waals surface area (Å²) >= 11 is 0. The van der Waals surface area contributed by atoms with Gasteiger partial charge in [0.2, 0.25) is 0 Å². The Morgan fingerprint density at radius 1 is 1.11 bits per heavy atom. The summed E-state index contributed by atoms with van der Waals surface area (Å²) in [6.07, 6.45) is 10.1. The highest BCUT2D eigenvalue weighted by molar-refractivity contribution is 5.62. The lowest BCUT2D eigenvalue weighted by Crippen LogP contribution is -2.42. The van der Waals surface area contributed by atoms with E-state index in [-0.39, 0.29) is 0 Å². The first-order chi connectivity index (χ1) is 13.8. The van der Waals surface area contributed by atoms with Crippen LogP contribution in [0.5, 0.6) is 0 Å². The molecule has 1 saturated heterocycles. The Hall–Kier alpha value is -2.76. The van der Waals surface area contributed by atoms with Crippen molar-refractivity contribution in [2.24, 2.45) is 0 Å². The summed E-state index contributed by atoms with van der Waals surface area (Å²) < 4.78 is 1.96. The van der Waals surface area contributed by atoms with Crippen molar-refractivity contribution in [2.75, 3.05) is 19.6 Å². The smallest absolute Gasteiger partial charge is 0.0988 e. The zero-order valence-electron chi connectivity index (χ0n) is 16.2. The Morgan fingerprint density at radius 2 is 1.93 bits per heavy atom. The second kappa shape index (κ2) is 8.95. The Labute approximate surface area is 166 Å². The first kappa shape index (κ1) is 18.6. The van der Waals surface area contributed by atoms with Gasteiger partial charge in [-0.1, -0.05) is 24.3 Å². The maximum absolute atomic E-state index is 4.87. The molecule has 0 atom stereocenters. The van der Waals surface area contributed by atoms with E-state index in [2.05, 4.69) is 46.2 Å². The number of benzene rings is 1. The molecule has 1 aliphatic heterocycles. The fraction of sp³-hybridized carbons (Fsp3) is 0.304. The van der Waals surface area contributed by atoms with Crippen LogP contribution in [0.1, 0.15) is 18.4 Å². The van der Waals surface area contributed by atoms with Crippen LogP contribution in [0.3, 0.4) is 0 Å². The number of hydrogen-bond acceptors (Lipinski definition) is 4. The summed E-state index contributed by atoms with van der Waals surface area (Å²) in [5.74, 6) is 0. The second-order valence-electron chi connectivity index (χ2n) is 7.27. The van der Waals surface area contributed by atoms with E-state index >= 15 is 0 Å². The fourth-order valence-electron chi connectivity index (χ4n) is 3.75. The minimum Gasteiger partial charge on any atom is -0.310 e. The number of rotatable bonds is 7. The molecule has 5 nitrogen and oxygen atoms in total. The van der Waals surface area contributed by atoms with Gasteiger partial charge in [-0.25, -0.2) is 4.68 Å². The van der Waals surface area contributed by atoms with E-state index in [1.807, 2.05) is 41.2 Å². The van der Waals surface area contributed by atoms with Crippen LogP contribution in [0.15, 0.2) is 73.7 Å². The molecule has 28 heavy (non-hydrogen) atoms. The van der Waals surface area contributed by atoms with Crippen molar-refractivity contribution in [1.82, 2.24) is 25.0 Å². The van der Waals surface area contributed by atoms with Crippen LogP contribution < -0.4 is 5.32 Å². The molecule has 3 heterocycles. The maximum atomic E-state index is 4.87. The number of hydrogen-bond donors (Lipinski definition) is 1. The summed E-state index contributed by atoms with van der Waals surface area (Å²) in [6, 6.07) is 14.8. The third kappa shape index (κ3) is 4.38. The van der Waals surface area contributed by atoms with Gasteiger partial charge >= 0.3 is 0 Å². The largest absolute Gasteiger partial charge is 0.310 e. The Balaban J connectivity index is 1.51. The highest BCUT2D eigenvalue weighted by atomic mass is 15.3. The summed E-state index contributed by atoms with van der Waals surface area (Å²) in [5.41, 5.74) is 4.31. The topological polar surface area (TPSA) is 46.0 Å². The van der Waals surface area contributed by atoms with E-state index in [0.717, 1.165) is 43.1 Å². The third-order valence-electron chi connectivity index (χ3n) is 5.30. The molecule has 0 bridgehead atoms. The first-order valence-electron chi connectivity index (χ1n) is 9.94. The van der Waals surface area contributed by atoms with Gasteiger partial charge in [-0.05, 0) is 50.2 Å². The molecule has 2 aromatic heterocycles. The molecule has 1 N–H and O–H groups in total. The molecular formula is C23H27N5. The minimum absolute atomic E-state index is 0.544. The fourth-order valence-corrected chi connectivity index (χ4v) is 3.75. The predicted octanol–water partition coefficient (Wildman–Crippen LogP) is 3.67. The lowest BCUT2D eigenvalue weighted by Gasteiger charge is -2.31. The van der Waals surface area contributed by atoms with Crippen molar-refractivity contribution >= 4 is 0 Å². The Kier molecular flexibility index (Phi) is 5.95. The number of para-hydroxylation sites is 1. The maximum Gasteiger partial charge on any atom is 0.0988 e. The highest BCUT2D eigenvalue weighted by Crippen LogP contribution is 2.23. The van der Waals surface area contributed by atoms with Crippen LogP contribution in [0, 0.1) is 0 Å². The summed E-state index contributed by atoms with van der Waals surface area (Å²) in [4.78, 5) is 6.73. The van der Waals surface area contributed by atoms with Crippen molar-refractivity contribution in [3.8, 4) is 16.9 Å². The van der Waals surface area contributed by atoms with Crippen molar-refractivity contribution in [1.29, 1.82) is 0 Å². The normalized spacial score (nSPS) is 15.6. The van der Waals surface area contributed by atoms with E-state index in [0.29, 0.717) is 6.04 Å². The van der Waals surface area contributed by atoms with Crippen LogP contribution in [0.4, 0.5) is 0 Å². The molecule has 1 aliphatic rings. The van der Waals surface area contributed by atoms with Crippen LogP contribution in [-0.2, 0) is 6.54 Å². The van der Waals surface area contributed by atoms with Crippen molar-refractivity contribution in [3.63, 3.8) is 0 Å². The molecule has 4 rings (SSSR count). The number of pyridine rings is 1. The molecule has 1 aromatic carbocycles. The average Bonchev–Trinajstić information content (AvgIpc) is 3.19. The molecule has 0 amide bonds. The van der Waals surface area contributed by atoms with Gasteiger partial charge in [0.1, 0.15) is 0 Å². The molecule has 0 radical (unpaired) electrons. The average molecular weight is 374 g/mol. The number of nitrogens with one attached hydrogen (secondary N) is 1. The minimum atomic E-state index is 0.544. The molecule has 0 aliphatic carbocycles. The molecule has 0 spiro atoms. The molecule has 0 saturated carbocycles. The van der Waals surface area contributed by atoms with Gasteiger partial charge in [0.15, 0.2) is 0 Å². The van der Waals surface area contributed by atoms with E-state index < -0.39 is 0 Å². The van der Waals surface area contributed by atoms with Crippen molar-refractivity contribution in [2.45, 2.75) is 25.4 Å². The van der Waals surface area contributed by atoms with E-state index in [9.17, 15) is 0 Å². The standard InChI is InChI=1S/C23H27N5/c1-2-13-27-14-10-21(11-15-27)25-17-20-18-28(22-8-4-3-5-9-22)26-23(20)19-7-6-12-24-16-19/h2-9,12,16,18,21,25H,1,10-11,13-15,17H2. The van der Waals surface area contributed by atoms with E-state index in [4.69, 9.17) is 5.10 Å². The Morgan fingerprint density at radius 3 is 2.64 bits per heavy atom. The zero-order chi connectivity index (χ0) is 19.2. The van der Waals surface area contributed by atoms with Gasteiger partial charge in [-0.2, -0.15) is 5.10 Å². The summed E-state index contributed by atoms with van der Waals surface area (Å²) in [7, 11) is 0. The molecular weight excluding hydrogens is 346 g/mol. The Bertz CT molecular complexity index is 880. The van der Waals surface area contributed by atoms with Crippen molar-refractivity contribution in [3.05, 3.63) is 79.3 Å². The summed E-state index contributed by atoms with van der Waals surface area (Å²) in [6.45, 7) is 7.90. The van der Waals surface area contributed by atoms with Crippen LogP contribution in [0.2, 0.25) is 0 Å². The van der Waals surface area contributed by atoms with Gasteiger partial charge < -0.3 is 5.32 Å².